The standard InChI is InChI=1S/C34H44N10O6S2/c1-17(2)24(42-32(47)49-5)26(45)34(10-8-11-39-34)31-38-14-20(41-31)29-37-16-23(52-29)22-15-36-28(51-22)19-13-35-27(40-19)21-9-7-12-44(21)30(46)25(18(3)4)43-33(48)50-6/h13-18,21,24-25,39H,7-12H2,1-6H3,(H,35,40)(H,38,41)(H,42,47)(H,43,48)/t21-,24+,25+,34+/m0/s1. The maximum absolute atomic E-state index is 14.0. The summed E-state index contributed by atoms with van der Waals surface area (Å²) >= 11 is 2.96. The number of H-pyrrole nitrogens is 2. The Bertz CT molecular complexity index is 1910. The van der Waals surface area contributed by atoms with Crippen LogP contribution in [0.3, 0.4) is 0 Å². The first-order valence-corrected chi connectivity index (χ1v) is 18.9. The summed E-state index contributed by atoms with van der Waals surface area (Å²) in [5, 5.41) is 10.2. The van der Waals surface area contributed by atoms with Crippen molar-refractivity contribution in [3.05, 3.63) is 36.4 Å². The fourth-order valence-electron chi connectivity index (χ4n) is 6.74. The Balaban J connectivity index is 1.17. The second-order valence-electron chi connectivity index (χ2n) is 13.6. The first-order valence-electron chi connectivity index (χ1n) is 17.3. The van der Waals surface area contributed by atoms with Gasteiger partial charge in [-0.3, -0.25) is 14.9 Å². The number of amides is 3. The molecule has 0 bridgehead atoms. The van der Waals surface area contributed by atoms with E-state index in [-0.39, 0.29) is 29.6 Å². The molecule has 6 heterocycles. The van der Waals surface area contributed by atoms with Crippen LogP contribution in [0.2, 0.25) is 0 Å². The number of methoxy groups -OCH3 is 2. The molecule has 18 heteroatoms. The molecule has 2 aliphatic rings. The predicted octanol–water partition coefficient (Wildman–Crippen LogP) is 4.62. The largest absolute Gasteiger partial charge is 0.453 e. The first kappa shape index (κ1) is 37.1. The highest BCUT2D eigenvalue weighted by molar-refractivity contribution is 7.24. The van der Waals surface area contributed by atoms with Crippen molar-refractivity contribution in [1.82, 2.24) is 50.8 Å². The van der Waals surface area contributed by atoms with E-state index in [0.29, 0.717) is 41.9 Å². The molecule has 2 fully saturated rings. The number of nitrogens with one attached hydrogen (secondary N) is 5. The van der Waals surface area contributed by atoms with E-state index in [1.807, 2.05) is 27.7 Å². The third-order valence-corrected chi connectivity index (χ3v) is 11.8. The lowest BCUT2D eigenvalue weighted by molar-refractivity contribution is -0.135. The van der Waals surface area contributed by atoms with Gasteiger partial charge in [-0.2, -0.15) is 0 Å². The number of carbonyl (C=O) groups is 4. The molecule has 52 heavy (non-hydrogen) atoms. The van der Waals surface area contributed by atoms with Gasteiger partial charge >= 0.3 is 12.2 Å². The van der Waals surface area contributed by atoms with Gasteiger partial charge in [0.1, 0.15) is 33.2 Å². The van der Waals surface area contributed by atoms with E-state index in [2.05, 4.69) is 45.9 Å². The fraction of sp³-hybridized carbons (Fsp3) is 0.529. The average molecular weight is 753 g/mol. The van der Waals surface area contributed by atoms with Crippen molar-refractivity contribution >= 4 is 46.6 Å². The molecule has 278 valence electrons. The zero-order valence-electron chi connectivity index (χ0n) is 29.9. The SMILES string of the molecule is COC(=O)N[C@@H](C(=O)N1CCC[C@H]1c1ncc(-c2ncc(-c3cnc(-c4cnc([C@]5(C(=O)[C@H](NC(=O)OC)C(C)C)CCCN5)[nH]4)s3)s2)[nH]1)C(C)C. The molecule has 4 aromatic heterocycles. The quantitative estimate of drug-likeness (QED) is 0.135. The van der Waals surface area contributed by atoms with E-state index in [0.717, 1.165) is 39.7 Å². The summed E-state index contributed by atoms with van der Waals surface area (Å²) in [7, 11) is 2.55. The second-order valence-corrected chi connectivity index (χ2v) is 15.7. The molecule has 3 amide bonds. The molecular formula is C34H44N10O6S2. The normalized spacial score (nSPS) is 19.9. The number of carbonyl (C=O) groups excluding carboxylic acids is 4. The van der Waals surface area contributed by atoms with Crippen molar-refractivity contribution in [1.29, 1.82) is 0 Å². The molecule has 0 radical (unpaired) electrons. The lowest BCUT2D eigenvalue weighted by Crippen LogP contribution is -2.57. The molecule has 5 N–H and O–H groups in total. The van der Waals surface area contributed by atoms with Gasteiger partial charge in [0, 0.05) is 18.9 Å². The smallest absolute Gasteiger partial charge is 0.407 e. The maximum atomic E-state index is 14.0. The van der Waals surface area contributed by atoms with Crippen molar-refractivity contribution < 1.29 is 28.7 Å². The van der Waals surface area contributed by atoms with Crippen molar-refractivity contribution in [2.75, 3.05) is 27.3 Å². The van der Waals surface area contributed by atoms with Crippen molar-refractivity contribution in [2.45, 2.75) is 77.0 Å². The Morgan fingerprint density at radius 3 is 2.00 bits per heavy atom. The van der Waals surface area contributed by atoms with Crippen LogP contribution >= 0.6 is 22.7 Å². The molecule has 0 aliphatic carbocycles. The third-order valence-electron chi connectivity index (χ3n) is 9.52. The number of hydrogen-bond acceptors (Lipinski definition) is 13. The van der Waals surface area contributed by atoms with Crippen LogP contribution in [0.15, 0.2) is 24.8 Å². The minimum absolute atomic E-state index is 0.124. The second kappa shape index (κ2) is 15.5. The van der Waals surface area contributed by atoms with E-state index >= 15 is 0 Å². The summed E-state index contributed by atoms with van der Waals surface area (Å²) < 4.78 is 9.52. The number of alkyl carbamates (subject to hydrolysis) is 2. The maximum Gasteiger partial charge on any atom is 0.407 e. The number of aromatic amines is 2. The summed E-state index contributed by atoms with van der Waals surface area (Å²) in [5.74, 6) is 0.520. The molecule has 0 aromatic carbocycles. The van der Waals surface area contributed by atoms with Gasteiger partial charge in [0.2, 0.25) is 5.91 Å². The summed E-state index contributed by atoms with van der Waals surface area (Å²) in [4.78, 5) is 80.4. The van der Waals surface area contributed by atoms with Crippen LogP contribution in [0.25, 0.3) is 31.2 Å². The molecule has 2 saturated heterocycles. The molecular weight excluding hydrogens is 709 g/mol. The molecule has 4 aromatic rings. The number of hydrogen-bond donors (Lipinski definition) is 5. The summed E-state index contributed by atoms with van der Waals surface area (Å²) in [5.41, 5.74) is 0.333. The van der Waals surface area contributed by atoms with Gasteiger partial charge in [0.25, 0.3) is 0 Å². The number of ketones is 1. The number of likely N-dealkylation sites (tertiary alicyclic amines) is 1. The Labute approximate surface area is 308 Å². The molecule has 0 spiro atoms. The predicted molar refractivity (Wildman–Crippen MR) is 194 cm³/mol. The zero-order chi connectivity index (χ0) is 37.2. The van der Waals surface area contributed by atoms with Crippen molar-refractivity contribution in [2.24, 2.45) is 11.8 Å². The number of nitrogens with zero attached hydrogens (tertiary/aromatic N) is 5. The number of aromatic nitrogens is 6. The summed E-state index contributed by atoms with van der Waals surface area (Å²) in [6.07, 6.45) is 8.58. The molecule has 2 aliphatic heterocycles. The lowest BCUT2D eigenvalue weighted by Gasteiger charge is -2.32. The molecule has 6 rings (SSSR count). The number of thiazole rings is 2. The Kier molecular flexibility index (Phi) is 11.1. The third kappa shape index (κ3) is 7.31. The van der Waals surface area contributed by atoms with Crippen LogP contribution in [-0.2, 0) is 24.6 Å². The van der Waals surface area contributed by atoms with Gasteiger partial charge in [-0.1, -0.05) is 27.7 Å². The Morgan fingerprint density at radius 2 is 1.42 bits per heavy atom. The van der Waals surface area contributed by atoms with E-state index in [9.17, 15) is 19.2 Å². The monoisotopic (exact) mass is 752 g/mol. The minimum atomic E-state index is -1.08. The lowest BCUT2D eigenvalue weighted by atomic mass is 9.83. The Hall–Kier alpha value is -4.68. The van der Waals surface area contributed by atoms with Crippen LogP contribution in [-0.4, -0.2) is 98.1 Å². The van der Waals surface area contributed by atoms with Crippen LogP contribution in [0.4, 0.5) is 9.59 Å². The van der Waals surface area contributed by atoms with Gasteiger partial charge in [0.05, 0.1) is 59.8 Å². The highest BCUT2D eigenvalue weighted by Crippen LogP contribution is 2.39. The molecule has 4 atom stereocenters. The van der Waals surface area contributed by atoms with E-state index in [1.165, 1.54) is 36.9 Å². The fourth-order valence-corrected chi connectivity index (χ4v) is 8.56. The average Bonchev–Trinajstić information content (AvgIpc) is 3.98. The first-order chi connectivity index (χ1) is 24.9. The van der Waals surface area contributed by atoms with E-state index < -0.39 is 29.8 Å². The topological polar surface area (TPSA) is 209 Å². The molecule has 0 saturated carbocycles. The van der Waals surface area contributed by atoms with E-state index in [1.54, 1.807) is 29.7 Å². The van der Waals surface area contributed by atoms with Crippen LogP contribution in [0.5, 0.6) is 0 Å². The van der Waals surface area contributed by atoms with Gasteiger partial charge in [-0.15, -0.1) is 22.7 Å². The van der Waals surface area contributed by atoms with Gasteiger partial charge < -0.3 is 35.0 Å². The van der Waals surface area contributed by atoms with Crippen LogP contribution < -0.4 is 16.0 Å². The highest BCUT2D eigenvalue weighted by Gasteiger charge is 2.49. The van der Waals surface area contributed by atoms with E-state index in [4.69, 9.17) is 9.47 Å². The van der Waals surface area contributed by atoms with Gasteiger partial charge in [-0.25, -0.2) is 29.5 Å². The number of imidazole rings is 2. The summed E-state index contributed by atoms with van der Waals surface area (Å²) in [6, 6.07) is -1.73. The highest BCUT2D eigenvalue weighted by atomic mass is 32.1. The minimum Gasteiger partial charge on any atom is -0.453 e. The number of ether oxygens (including phenoxy) is 2. The van der Waals surface area contributed by atoms with Crippen LogP contribution in [0.1, 0.15) is 71.1 Å². The molecule has 0 unspecified atom stereocenters. The van der Waals surface area contributed by atoms with Crippen molar-refractivity contribution in [3.8, 4) is 31.2 Å². The van der Waals surface area contributed by atoms with Gasteiger partial charge in [0.15, 0.2) is 5.78 Å². The summed E-state index contributed by atoms with van der Waals surface area (Å²) in [6.45, 7) is 8.74. The van der Waals surface area contributed by atoms with Crippen LogP contribution in [0, 0.1) is 11.8 Å². The Morgan fingerprint density at radius 1 is 0.827 bits per heavy atom. The van der Waals surface area contributed by atoms with Gasteiger partial charge in [-0.05, 0) is 44.1 Å². The molecule has 16 nitrogen and oxygen atoms in total. The zero-order valence-corrected chi connectivity index (χ0v) is 31.6. The number of rotatable bonds is 12. The van der Waals surface area contributed by atoms with Crippen molar-refractivity contribution in [3.63, 3.8) is 0 Å². The number of Topliss-reactive ketones (excluding diaryl/α,β-unsaturated/α-hetero) is 1.